The first kappa shape index (κ1) is 21.3. The molecule has 0 bridgehead atoms. The van der Waals surface area contributed by atoms with Crippen molar-refractivity contribution < 1.29 is 22.7 Å². The Morgan fingerprint density at radius 2 is 1.66 bits per heavy atom. The highest BCUT2D eigenvalue weighted by Crippen LogP contribution is 2.14. The van der Waals surface area contributed by atoms with Gasteiger partial charge < -0.3 is 14.8 Å². The number of amides is 1. The van der Waals surface area contributed by atoms with E-state index in [4.69, 9.17) is 9.47 Å². The van der Waals surface area contributed by atoms with E-state index in [9.17, 15) is 13.2 Å². The van der Waals surface area contributed by atoms with E-state index in [1.807, 2.05) is 24.3 Å². The summed E-state index contributed by atoms with van der Waals surface area (Å²) in [6, 6.07) is 14.4. The Morgan fingerprint density at radius 1 is 1.03 bits per heavy atom. The first-order valence-corrected chi connectivity index (χ1v) is 11.1. The van der Waals surface area contributed by atoms with Crippen molar-refractivity contribution in [1.82, 2.24) is 9.62 Å². The van der Waals surface area contributed by atoms with Crippen molar-refractivity contribution in [2.75, 3.05) is 40.0 Å². The second-order valence-corrected chi connectivity index (χ2v) is 8.79. The van der Waals surface area contributed by atoms with Crippen LogP contribution in [0.5, 0.6) is 5.75 Å². The van der Waals surface area contributed by atoms with Gasteiger partial charge in [0, 0.05) is 25.2 Å². The number of nitrogens with zero attached hydrogens (tertiary/aromatic N) is 1. The number of ether oxygens (including phenoxy) is 2. The third-order valence-electron chi connectivity index (χ3n) is 4.79. The van der Waals surface area contributed by atoms with E-state index in [2.05, 4.69) is 5.32 Å². The van der Waals surface area contributed by atoms with Crippen LogP contribution in [0.3, 0.4) is 0 Å². The summed E-state index contributed by atoms with van der Waals surface area (Å²) in [5.41, 5.74) is 2.27. The molecule has 1 amide bonds. The van der Waals surface area contributed by atoms with Crippen LogP contribution in [0.25, 0.3) is 0 Å². The van der Waals surface area contributed by atoms with Gasteiger partial charge in [-0.25, -0.2) is 8.42 Å². The zero-order chi connectivity index (χ0) is 20.7. The minimum Gasteiger partial charge on any atom is -0.497 e. The zero-order valence-electron chi connectivity index (χ0n) is 16.5. The van der Waals surface area contributed by atoms with E-state index in [0.717, 1.165) is 11.3 Å². The number of hydrogen-bond acceptors (Lipinski definition) is 5. The molecule has 0 aromatic heterocycles. The number of nitrogens with one attached hydrogen (secondary N) is 1. The summed E-state index contributed by atoms with van der Waals surface area (Å²) >= 11 is 0. The molecule has 8 heteroatoms. The summed E-state index contributed by atoms with van der Waals surface area (Å²) in [6.07, 6.45) is 0.714. The van der Waals surface area contributed by atoms with Gasteiger partial charge in [0.15, 0.2) is 0 Å². The summed E-state index contributed by atoms with van der Waals surface area (Å²) in [4.78, 5) is 12.3. The minimum absolute atomic E-state index is 0.0770. The average molecular weight is 419 g/mol. The fraction of sp³-hybridized carbons (Fsp3) is 0.381. The van der Waals surface area contributed by atoms with Crippen LogP contribution in [-0.4, -0.2) is 58.6 Å². The molecule has 1 heterocycles. The number of hydrogen-bond donors (Lipinski definition) is 1. The standard InChI is InChI=1S/C21H26N2O5S/c1-27-20-8-4-17(5-9-20)10-11-22-21(24)19-6-2-18(3-7-19)16-29(25,26)23-12-14-28-15-13-23/h2-9H,10-16H2,1H3,(H,22,24). The Hall–Kier alpha value is -2.42. The van der Waals surface area contributed by atoms with Crippen LogP contribution in [-0.2, 0) is 26.9 Å². The number of methoxy groups -OCH3 is 1. The zero-order valence-corrected chi connectivity index (χ0v) is 17.3. The summed E-state index contributed by atoms with van der Waals surface area (Å²) in [5.74, 6) is 0.543. The van der Waals surface area contributed by atoms with Crippen LogP contribution >= 0.6 is 0 Å². The van der Waals surface area contributed by atoms with Crippen molar-refractivity contribution >= 4 is 15.9 Å². The van der Waals surface area contributed by atoms with Gasteiger partial charge in [0.25, 0.3) is 5.91 Å². The molecule has 0 saturated carbocycles. The molecule has 3 rings (SSSR count). The molecule has 1 N–H and O–H groups in total. The maximum absolute atomic E-state index is 12.5. The normalized spacial score (nSPS) is 15.1. The van der Waals surface area contributed by atoms with Gasteiger partial charge in [0.2, 0.25) is 10.0 Å². The van der Waals surface area contributed by atoms with Crippen molar-refractivity contribution in [1.29, 1.82) is 0 Å². The van der Waals surface area contributed by atoms with Crippen molar-refractivity contribution in [3.63, 3.8) is 0 Å². The van der Waals surface area contributed by atoms with E-state index in [1.165, 1.54) is 4.31 Å². The van der Waals surface area contributed by atoms with E-state index in [0.29, 0.717) is 50.4 Å². The largest absolute Gasteiger partial charge is 0.497 e. The second-order valence-electron chi connectivity index (χ2n) is 6.82. The highest BCUT2D eigenvalue weighted by Gasteiger charge is 2.24. The molecule has 2 aromatic carbocycles. The molecule has 1 fully saturated rings. The average Bonchev–Trinajstić information content (AvgIpc) is 2.75. The molecule has 1 saturated heterocycles. The minimum atomic E-state index is -3.38. The van der Waals surface area contributed by atoms with Crippen LogP contribution in [0.2, 0.25) is 0 Å². The van der Waals surface area contributed by atoms with E-state index < -0.39 is 10.0 Å². The maximum Gasteiger partial charge on any atom is 0.251 e. The molecular formula is C21H26N2O5S. The monoisotopic (exact) mass is 418 g/mol. The van der Waals surface area contributed by atoms with Gasteiger partial charge in [0.05, 0.1) is 26.1 Å². The van der Waals surface area contributed by atoms with Crippen LogP contribution in [0.15, 0.2) is 48.5 Å². The second kappa shape index (κ2) is 9.87. The van der Waals surface area contributed by atoms with Crippen molar-refractivity contribution in [2.24, 2.45) is 0 Å². The van der Waals surface area contributed by atoms with Gasteiger partial charge in [-0.3, -0.25) is 4.79 Å². The van der Waals surface area contributed by atoms with Crippen LogP contribution in [0.4, 0.5) is 0 Å². The molecule has 1 aliphatic rings. The fourth-order valence-electron chi connectivity index (χ4n) is 3.09. The molecule has 156 valence electrons. The van der Waals surface area contributed by atoms with Crippen LogP contribution in [0.1, 0.15) is 21.5 Å². The summed E-state index contributed by atoms with van der Waals surface area (Å²) < 4.78 is 36.7. The highest BCUT2D eigenvalue weighted by atomic mass is 32.2. The lowest BCUT2D eigenvalue weighted by molar-refractivity contribution is 0.0729. The Kier molecular flexibility index (Phi) is 7.24. The van der Waals surface area contributed by atoms with Crippen molar-refractivity contribution in [2.45, 2.75) is 12.2 Å². The lowest BCUT2D eigenvalue weighted by atomic mass is 10.1. The predicted molar refractivity (Wildman–Crippen MR) is 110 cm³/mol. The van der Waals surface area contributed by atoms with E-state index >= 15 is 0 Å². The number of rotatable bonds is 8. The molecule has 2 aromatic rings. The van der Waals surface area contributed by atoms with Crippen molar-refractivity contribution in [3.8, 4) is 5.75 Å². The van der Waals surface area contributed by atoms with E-state index in [-0.39, 0.29) is 11.7 Å². The summed E-state index contributed by atoms with van der Waals surface area (Å²) in [5, 5.41) is 2.88. The van der Waals surface area contributed by atoms with Gasteiger partial charge >= 0.3 is 0 Å². The molecule has 1 aliphatic heterocycles. The van der Waals surface area contributed by atoms with Gasteiger partial charge in [0.1, 0.15) is 5.75 Å². The lowest BCUT2D eigenvalue weighted by Gasteiger charge is -2.26. The molecule has 0 spiro atoms. The molecule has 0 aliphatic carbocycles. The molecule has 0 atom stereocenters. The number of benzene rings is 2. The predicted octanol–water partition coefficient (Wildman–Crippen LogP) is 1.83. The van der Waals surface area contributed by atoms with Crippen LogP contribution in [0, 0.1) is 0 Å². The number of carbonyl (C=O) groups is 1. The highest BCUT2D eigenvalue weighted by molar-refractivity contribution is 7.88. The Balaban J connectivity index is 1.50. The van der Waals surface area contributed by atoms with Gasteiger partial charge in [-0.15, -0.1) is 0 Å². The number of sulfonamides is 1. The molecule has 0 unspecified atom stereocenters. The first-order chi connectivity index (χ1) is 14.0. The summed E-state index contributed by atoms with van der Waals surface area (Å²) in [6.45, 7) is 2.14. The quantitative estimate of drug-likeness (QED) is 0.707. The molecule has 0 radical (unpaired) electrons. The molecule has 29 heavy (non-hydrogen) atoms. The number of morpholine rings is 1. The van der Waals surface area contributed by atoms with Crippen LogP contribution < -0.4 is 10.1 Å². The SMILES string of the molecule is COc1ccc(CCNC(=O)c2ccc(CS(=O)(=O)N3CCOCC3)cc2)cc1. The fourth-order valence-corrected chi connectivity index (χ4v) is 4.60. The smallest absolute Gasteiger partial charge is 0.251 e. The summed E-state index contributed by atoms with van der Waals surface area (Å²) in [7, 11) is -1.75. The van der Waals surface area contributed by atoms with Gasteiger partial charge in [-0.05, 0) is 41.8 Å². The van der Waals surface area contributed by atoms with Gasteiger partial charge in [-0.1, -0.05) is 24.3 Å². The third kappa shape index (κ3) is 6.03. The topological polar surface area (TPSA) is 84.9 Å². The number of carbonyl (C=O) groups excluding carboxylic acids is 1. The van der Waals surface area contributed by atoms with Gasteiger partial charge in [-0.2, -0.15) is 4.31 Å². The Bertz CT molecular complexity index is 905. The third-order valence-corrected chi connectivity index (χ3v) is 6.64. The maximum atomic E-state index is 12.5. The Labute approximate surface area is 171 Å². The van der Waals surface area contributed by atoms with E-state index in [1.54, 1.807) is 31.4 Å². The molecule has 7 nitrogen and oxygen atoms in total. The van der Waals surface area contributed by atoms with Crippen molar-refractivity contribution in [3.05, 3.63) is 65.2 Å². The first-order valence-electron chi connectivity index (χ1n) is 9.53. The Morgan fingerprint density at radius 3 is 2.28 bits per heavy atom. The molecular weight excluding hydrogens is 392 g/mol. The lowest BCUT2D eigenvalue weighted by Crippen LogP contribution is -2.41.